The van der Waals surface area contributed by atoms with Crippen LogP contribution in [0.25, 0.3) is 0 Å². The summed E-state index contributed by atoms with van der Waals surface area (Å²) < 4.78 is 5.26. The van der Waals surface area contributed by atoms with E-state index in [0.29, 0.717) is 18.7 Å². The summed E-state index contributed by atoms with van der Waals surface area (Å²) in [5.41, 5.74) is 0.798. The Kier molecular flexibility index (Phi) is 4.85. The highest BCUT2D eigenvalue weighted by Gasteiger charge is 2.40. The molecule has 1 fully saturated rings. The summed E-state index contributed by atoms with van der Waals surface area (Å²) in [4.78, 5) is 27.1. The highest BCUT2D eigenvalue weighted by Crippen LogP contribution is 2.39. The summed E-state index contributed by atoms with van der Waals surface area (Å²) in [6.07, 6.45) is 0.625. The van der Waals surface area contributed by atoms with Gasteiger partial charge in [0.25, 0.3) is 0 Å². The minimum Gasteiger partial charge on any atom is -0.497 e. The number of methoxy groups -OCH3 is 1. The van der Waals surface area contributed by atoms with Gasteiger partial charge in [0, 0.05) is 11.3 Å². The maximum Gasteiger partial charge on any atom is 0.308 e. The molecule has 0 unspecified atom stereocenters. The standard InChI is InChI=1S/C18H19NO4S/c1-23-13-5-2-4-12(10-13)17-15(18(21)22)7-8-16(20)19(17)11-14-6-3-9-24-14/h2-6,9-10,15,17H,7-8,11H2,1H3,(H,21,22)/t15-,17-/m1/s1. The van der Waals surface area contributed by atoms with Crippen LogP contribution in [0, 0.1) is 5.92 Å². The van der Waals surface area contributed by atoms with Crippen LogP contribution >= 0.6 is 11.3 Å². The molecule has 0 aliphatic carbocycles. The van der Waals surface area contributed by atoms with Gasteiger partial charge >= 0.3 is 5.97 Å². The SMILES string of the molecule is COc1cccc([C@@H]2[C@H](C(=O)O)CCC(=O)N2Cc2cccs2)c1. The van der Waals surface area contributed by atoms with E-state index in [1.165, 1.54) is 0 Å². The van der Waals surface area contributed by atoms with Crippen LogP contribution in [0.5, 0.6) is 5.75 Å². The van der Waals surface area contributed by atoms with Crippen LogP contribution < -0.4 is 4.74 Å². The van der Waals surface area contributed by atoms with Crippen LogP contribution in [0.1, 0.15) is 29.3 Å². The van der Waals surface area contributed by atoms with Gasteiger partial charge in [-0.05, 0) is 35.6 Å². The Morgan fingerprint density at radius 2 is 2.21 bits per heavy atom. The molecular formula is C18H19NO4S. The highest BCUT2D eigenvalue weighted by molar-refractivity contribution is 7.09. The summed E-state index contributed by atoms with van der Waals surface area (Å²) in [6.45, 7) is 0.433. The van der Waals surface area contributed by atoms with E-state index in [9.17, 15) is 14.7 Å². The van der Waals surface area contributed by atoms with Crippen molar-refractivity contribution in [3.8, 4) is 5.75 Å². The molecule has 0 radical (unpaired) electrons. The van der Waals surface area contributed by atoms with Crippen LogP contribution in [0.2, 0.25) is 0 Å². The lowest BCUT2D eigenvalue weighted by molar-refractivity contribution is -0.152. The number of rotatable bonds is 5. The van der Waals surface area contributed by atoms with Crippen molar-refractivity contribution in [3.63, 3.8) is 0 Å². The molecule has 5 nitrogen and oxygen atoms in total. The number of carbonyl (C=O) groups excluding carboxylic acids is 1. The monoisotopic (exact) mass is 345 g/mol. The van der Waals surface area contributed by atoms with Crippen molar-refractivity contribution in [3.05, 3.63) is 52.2 Å². The lowest BCUT2D eigenvalue weighted by Gasteiger charge is -2.39. The van der Waals surface area contributed by atoms with Crippen molar-refractivity contribution in [1.82, 2.24) is 4.90 Å². The van der Waals surface area contributed by atoms with Gasteiger partial charge in [-0.2, -0.15) is 0 Å². The van der Waals surface area contributed by atoms with Crippen molar-refractivity contribution in [2.24, 2.45) is 5.92 Å². The Balaban J connectivity index is 2.00. The second-order valence-corrected chi connectivity index (χ2v) is 6.84. The van der Waals surface area contributed by atoms with Gasteiger partial charge < -0.3 is 14.7 Å². The second kappa shape index (κ2) is 7.05. The third-order valence-electron chi connectivity index (χ3n) is 4.37. The van der Waals surface area contributed by atoms with E-state index in [1.807, 2.05) is 41.8 Å². The lowest BCUT2D eigenvalue weighted by Crippen LogP contribution is -2.44. The van der Waals surface area contributed by atoms with E-state index >= 15 is 0 Å². The maximum absolute atomic E-state index is 12.5. The topological polar surface area (TPSA) is 66.8 Å². The predicted octanol–water partition coefficient (Wildman–Crippen LogP) is 3.32. The molecule has 0 saturated carbocycles. The van der Waals surface area contributed by atoms with E-state index in [2.05, 4.69) is 0 Å². The molecular weight excluding hydrogens is 326 g/mol. The maximum atomic E-state index is 12.5. The van der Waals surface area contributed by atoms with Crippen molar-refractivity contribution in [2.45, 2.75) is 25.4 Å². The normalized spacial score (nSPS) is 20.9. The van der Waals surface area contributed by atoms with E-state index in [4.69, 9.17) is 4.74 Å². The average molecular weight is 345 g/mol. The summed E-state index contributed by atoms with van der Waals surface area (Å²) in [7, 11) is 1.57. The number of likely N-dealkylation sites (tertiary alicyclic amines) is 1. The quantitative estimate of drug-likeness (QED) is 0.903. The van der Waals surface area contributed by atoms with Crippen LogP contribution in [0.3, 0.4) is 0 Å². The molecule has 2 heterocycles. The van der Waals surface area contributed by atoms with Gasteiger partial charge in [-0.1, -0.05) is 18.2 Å². The van der Waals surface area contributed by atoms with Gasteiger partial charge in [-0.15, -0.1) is 11.3 Å². The molecule has 0 spiro atoms. The molecule has 0 bridgehead atoms. The first-order valence-corrected chi connectivity index (χ1v) is 8.66. The minimum atomic E-state index is -0.869. The molecule has 126 valence electrons. The Morgan fingerprint density at radius 1 is 1.38 bits per heavy atom. The molecule has 2 aromatic rings. The lowest BCUT2D eigenvalue weighted by atomic mass is 9.84. The molecule has 1 N–H and O–H groups in total. The average Bonchev–Trinajstić information content (AvgIpc) is 3.09. The predicted molar refractivity (Wildman–Crippen MR) is 91.0 cm³/mol. The number of ether oxygens (including phenoxy) is 1. The Morgan fingerprint density at radius 3 is 2.88 bits per heavy atom. The number of thiophene rings is 1. The number of carboxylic acid groups (broad SMARTS) is 1. The fraction of sp³-hybridized carbons (Fsp3) is 0.333. The molecule has 1 aliphatic rings. The number of hydrogen-bond donors (Lipinski definition) is 1. The number of carbonyl (C=O) groups is 2. The van der Waals surface area contributed by atoms with Crippen LogP contribution in [0.15, 0.2) is 41.8 Å². The molecule has 1 saturated heterocycles. The number of hydrogen-bond acceptors (Lipinski definition) is 4. The minimum absolute atomic E-state index is 0.00581. The molecule has 2 atom stereocenters. The summed E-state index contributed by atoms with van der Waals surface area (Å²) in [5, 5.41) is 11.6. The highest BCUT2D eigenvalue weighted by atomic mass is 32.1. The molecule has 24 heavy (non-hydrogen) atoms. The first-order chi connectivity index (χ1) is 11.6. The number of piperidine rings is 1. The molecule has 1 aliphatic heterocycles. The van der Waals surface area contributed by atoms with E-state index in [1.54, 1.807) is 23.3 Å². The number of carboxylic acids is 1. The van der Waals surface area contributed by atoms with E-state index < -0.39 is 17.9 Å². The van der Waals surface area contributed by atoms with E-state index in [0.717, 1.165) is 10.4 Å². The Hall–Kier alpha value is -2.34. The molecule has 1 aromatic heterocycles. The van der Waals surface area contributed by atoms with Crippen LogP contribution in [-0.4, -0.2) is 29.0 Å². The third kappa shape index (κ3) is 3.28. The number of amides is 1. The Labute approximate surface area is 144 Å². The number of aliphatic carboxylic acids is 1. The van der Waals surface area contributed by atoms with Gasteiger partial charge in [-0.25, -0.2) is 0 Å². The second-order valence-electron chi connectivity index (χ2n) is 5.81. The van der Waals surface area contributed by atoms with Crippen LogP contribution in [-0.2, 0) is 16.1 Å². The van der Waals surface area contributed by atoms with Crippen LogP contribution in [0.4, 0.5) is 0 Å². The third-order valence-corrected chi connectivity index (χ3v) is 5.23. The fourth-order valence-electron chi connectivity index (χ4n) is 3.21. The van der Waals surface area contributed by atoms with Crippen molar-refractivity contribution in [1.29, 1.82) is 0 Å². The van der Waals surface area contributed by atoms with Crippen molar-refractivity contribution < 1.29 is 19.4 Å². The zero-order valence-corrected chi connectivity index (χ0v) is 14.2. The molecule has 1 aromatic carbocycles. The zero-order chi connectivity index (χ0) is 17.1. The first kappa shape index (κ1) is 16.5. The van der Waals surface area contributed by atoms with Gasteiger partial charge in [0.1, 0.15) is 5.75 Å². The van der Waals surface area contributed by atoms with E-state index in [-0.39, 0.29) is 12.3 Å². The molecule has 3 rings (SSSR count). The molecule has 6 heteroatoms. The Bertz CT molecular complexity index is 728. The number of benzene rings is 1. The first-order valence-electron chi connectivity index (χ1n) is 7.78. The van der Waals surface area contributed by atoms with Crippen molar-refractivity contribution in [2.75, 3.05) is 7.11 Å². The van der Waals surface area contributed by atoms with Crippen molar-refractivity contribution >= 4 is 23.2 Å². The summed E-state index contributed by atoms with van der Waals surface area (Å²) >= 11 is 1.57. The van der Waals surface area contributed by atoms with Gasteiger partial charge in [0.05, 0.1) is 25.6 Å². The largest absolute Gasteiger partial charge is 0.497 e. The summed E-state index contributed by atoms with van der Waals surface area (Å²) in [6, 6.07) is 10.7. The van der Waals surface area contributed by atoms with Gasteiger partial charge in [-0.3, -0.25) is 9.59 Å². The fourth-order valence-corrected chi connectivity index (χ4v) is 3.91. The summed E-state index contributed by atoms with van der Waals surface area (Å²) in [5.74, 6) is -0.833. The van der Waals surface area contributed by atoms with Gasteiger partial charge in [0.2, 0.25) is 5.91 Å². The zero-order valence-electron chi connectivity index (χ0n) is 13.3. The smallest absolute Gasteiger partial charge is 0.308 e. The number of nitrogens with zero attached hydrogens (tertiary/aromatic N) is 1. The molecule has 1 amide bonds. The van der Waals surface area contributed by atoms with Gasteiger partial charge in [0.15, 0.2) is 0 Å².